The molecule has 0 saturated carbocycles. The number of nitrogens with zero attached hydrogens (tertiary/aromatic N) is 1. The van der Waals surface area contributed by atoms with Crippen molar-refractivity contribution in [3.63, 3.8) is 0 Å². The number of carbonyl (C=O) groups excluding carboxylic acids is 4. The van der Waals surface area contributed by atoms with Crippen LogP contribution in [0.15, 0.2) is 24.5 Å². The molecule has 0 unspecified atom stereocenters. The highest BCUT2D eigenvalue weighted by Gasteiger charge is 2.55. The van der Waals surface area contributed by atoms with Crippen LogP contribution in [0.1, 0.15) is 44.3 Å². The van der Waals surface area contributed by atoms with E-state index in [9.17, 15) is 33.6 Å². The van der Waals surface area contributed by atoms with Gasteiger partial charge in [-0.25, -0.2) is 15.0 Å². The molecule has 1 aromatic heterocycles. The number of rotatable bonds is 13. The number of nitrogens with one attached hydrogen (secondary N) is 2. The molecule has 1 aliphatic rings. The number of hydrogen-bond acceptors (Lipinski definition) is 12. The molecule has 6 atom stereocenters. The molecule has 1 aliphatic heterocycles. The van der Waals surface area contributed by atoms with Crippen molar-refractivity contribution in [2.24, 2.45) is 0 Å². The Bertz CT molecular complexity index is 1130. The number of aromatic carboxylic acids is 1. The van der Waals surface area contributed by atoms with Gasteiger partial charge in [-0.1, -0.05) is 0 Å². The topological polar surface area (TPSA) is 206 Å². The second-order valence-corrected chi connectivity index (χ2v) is 10.5. The van der Waals surface area contributed by atoms with E-state index in [-0.39, 0.29) is 5.56 Å². The van der Waals surface area contributed by atoms with Crippen molar-refractivity contribution < 1.29 is 66.4 Å². The minimum Gasteiger partial charge on any atom is -0.477 e. The Morgan fingerprint density at radius 1 is 1.00 bits per heavy atom. The molecule has 0 aliphatic carbocycles. The number of carboxylic acid groups (broad SMARTS) is 1. The standard InChI is InChI=1S/C23H32N3O13P/c1-12(22(31)34-5)24-40(33,25-13(2)23(32)35-6)36-11-17-18(37-14(3)27)19(38-15(4)28)20(39-17)26-9-7-8-16(10-26)21(29)30/h7-10,12-13,17-20H,11H2,1-6H3,(H2-,24,25,29,30,33)/p+1/t12-,13-,17+,18+,19+,20+/m0/s1. The molecular formula is C23H33N3O13P+. The Morgan fingerprint density at radius 3 is 2.00 bits per heavy atom. The van der Waals surface area contributed by atoms with Gasteiger partial charge < -0.3 is 33.3 Å². The molecule has 0 bridgehead atoms. The van der Waals surface area contributed by atoms with Crippen LogP contribution in [0.5, 0.6) is 0 Å². The Morgan fingerprint density at radius 2 is 1.52 bits per heavy atom. The summed E-state index contributed by atoms with van der Waals surface area (Å²) >= 11 is 0. The van der Waals surface area contributed by atoms with Crippen molar-refractivity contribution in [2.75, 3.05) is 20.8 Å². The summed E-state index contributed by atoms with van der Waals surface area (Å²) in [5, 5.41) is 14.3. The van der Waals surface area contributed by atoms with Crippen molar-refractivity contribution in [1.82, 2.24) is 10.2 Å². The lowest BCUT2D eigenvalue weighted by Crippen LogP contribution is -2.48. The lowest BCUT2D eigenvalue weighted by Gasteiger charge is -2.27. The summed E-state index contributed by atoms with van der Waals surface area (Å²) < 4.78 is 46.7. The predicted octanol–water partition coefficient (Wildman–Crippen LogP) is -0.140. The molecule has 222 valence electrons. The summed E-state index contributed by atoms with van der Waals surface area (Å²) in [6, 6.07) is 0.444. The molecule has 3 N–H and O–H groups in total. The van der Waals surface area contributed by atoms with E-state index in [4.69, 9.17) is 18.7 Å². The van der Waals surface area contributed by atoms with E-state index in [0.717, 1.165) is 28.1 Å². The minimum absolute atomic E-state index is 0.108. The number of carbonyl (C=O) groups is 5. The van der Waals surface area contributed by atoms with Gasteiger partial charge in [0.1, 0.15) is 23.8 Å². The van der Waals surface area contributed by atoms with E-state index >= 15 is 0 Å². The summed E-state index contributed by atoms with van der Waals surface area (Å²) in [6.07, 6.45) is -2.31. The average Bonchev–Trinajstić information content (AvgIpc) is 3.21. The molecule has 0 spiro atoms. The van der Waals surface area contributed by atoms with E-state index in [1.165, 1.54) is 42.9 Å². The summed E-state index contributed by atoms with van der Waals surface area (Å²) in [6.45, 7) is 4.34. The SMILES string of the molecule is COC(=O)[C@H](C)NP(=O)(N[C@@H](C)C(=O)OC)OC[C@H]1O[C@@H]([n+]2cccc(C(=O)O)c2)[C@H](OC(C)=O)[C@@H]1OC(C)=O. The molecule has 0 aromatic carbocycles. The molecular weight excluding hydrogens is 557 g/mol. The van der Waals surface area contributed by atoms with Crippen LogP contribution in [0.3, 0.4) is 0 Å². The minimum atomic E-state index is -4.25. The summed E-state index contributed by atoms with van der Waals surface area (Å²) in [5.74, 6) is -4.31. The van der Waals surface area contributed by atoms with Crippen LogP contribution < -0.4 is 14.7 Å². The third-order valence-electron chi connectivity index (χ3n) is 5.51. The van der Waals surface area contributed by atoms with E-state index in [2.05, 4.69) is 19.6 Å². The van der Waals surface area contributed by atoms with Gasteiger partial charge in [0.25, 0.3) is 0 Å². The monoisotopic (exact) mass is 590 g/mol. The van der Waals surface area contributed by atoms with Crippen molar-refractivity contribution in [2.45, 2.75) is 64.3 Å². The fourth-order valence-corrected chi connectivity index (χ4v) is 5.58. The van der Waals surface area contributed by atoms with E-state index in [1.807, 2.05) is 0 Å². The predicted molar refractivity (Wildman–Crippen MR) is 131 cm³/mol. The average molecular weight is 590 g/mol. The molecule has 2 rings (SSSR count). The second kappa shape index (κ2) is 14.3. The molecule has 17 heteroatoms. The van der Waals surface area contributed by atoms with Crippen molar-refractivity contribution in [1.29, 1.82) is 0 Å². The molecule has 0 amide bonds. The van der Waals surface area contributed by atoms with Crippen LogP contribution in [-0.2, 0) is 52.0 Å². The first-order valence-electron chi connectivity index (χ1n) is 11.9. The van der Waals surface area contributed by atoms with Gasteiger partial charge in [-0.15, -0.1) is 0 Å². The van der Waals surface area contributed by atoms with E-state index in [1.54, 1.807) is 0 Å². The number of hydrogen-bond donors (Lipinski definition) is 3. The van der Waals surface area contributed by atoms with Gasteiger partial charge in [-0.3, -0.25) is 23.7 Å². The van der Waals surface area contributed by atoms with E-state index in [0.29, 0.717) is 0 Å². The number of ether oxygens (including phenoxy) is 5. The Balaban J connectivity index is 2.42. The molecule has 0 radical (unpaired) electrons. The maximum absolute atomic E-state index is 13.7. The van der Waals surface area contributed by atoms with Gasteiger partial charge in [-0.2, -0.15) is 4.57 Å². The smallest absolute Gasteiger partial charge is 0.342 e. The Hall–Kier alpha value is -3.43. The lowest BCUT2D eigenvalue weighted by atomic mass is 10.1. The molecule has 2 heterocycles. The number of esters is 4. The summed E-state index contributed by atoms with van der Waals surface area (Å²) in [4.78, 5) is 59.3. The summed E-state index contributed by atoms with van der Waals surface area (Å²) in [7, 11) is -2.00. The van der Waals surface area contributed by atoms with E-state index < -0.39 is 80.7 Å². The largest absolute Gasteiger partial charge is 0.477 e. The van der Waals surface area contributed by atoms with Gasteiger partial charge in [-0.05, 0) is 19.9 Å². The second-order valence-electron chi connectivity index (χ2n) is 8.65. The fraction of sp³-hybridized carbons (Fsp3) is 0.565. The fourth-order valence-electron chi connectivity index (χ4n) is 3.77. The normalized spacial score (nSPS) is 22.1. The Kier molecular flexibility index (Phi) is 11.7. The zero-order chi connectivity index (χ0) is 30.2. The highest BCUT2D eigenvalue weighted by molar-refractivity contribution is 7.54. The Labute approximate surface area is 229 Å². The molecule has 40 heavy (non-hydrogen) atoms. The highest BCUT2D eigenvalue weighted by Crippen LogP contribution is 2.41. The summed E-state index contributed by atoms with van der Waals surface area (Å²) in [5.41, 5.74) is -0.108. The van der Waals surface area contributed by atoms with Crippen LogP contribution in [-0.4, -0.2) is 86.2 Å². The number of carboxylic acids is 1. The highest BCUT2D eigenvalue weighted by atomic mass is 31.2. The van der Waals surface area contributed by atoms with Gasteiger partial charge in [0.2, 0.25) is 6.10 Å². The van der Waals surface area contributed by atoms with Gasteiger partial charge >= 0.3 is 43.7 Å². The molecule has 1 aromatic rings. The van der Waals surface area contributed by atoms with Gasteiger partial charge in [0.15, 0.2) is 18.5 Å². The molecule has 1 fully saturated rings. The first-order valence-corrected chi connectivity index (χ1v) is 13.5. The van der Waals surface area contributed by atoms with Crippen LogP contribution >= 0.6 is 7.67 Å². The zero-order valence-electron chi connectivity index (χ0n) is 22.7. The van der Waals surface area contributed by atoms with Crippen LogP contribution in [0, 0.1) is 0 Å². The maximum Gasteiger partial charge on any atom is 0.342 e. The molecule has 16 nitrogen and oxygen atoms in total. The van der Waals surface area contributed by atoms with Gasteiger partial charge in [0.05, 0.1) is 20.8 Å². The lowest BCUT2D eigenvalue weighted by molar-refractivity contribution is -0.765. The van der Waals surface area contributed by atoms with Crippen LogP contribution in [0.2, 0.25) is 0 Å². The number of methoxy groups -OCH3 is 2. The number of pyridine rings is 1. The zero-order valence-corrected chi connectivity index (χ0v) is 23.6. The van der Waals surface area contributed by atoms with Crippen LogP contribution in [0.25, 0.3) is 0 Å². The molecule has 1 saturated heterocycles. The number of aromatic nitrogens is 1. The first kappa shape index (κ1) is 32.8. The van der Waals surface area contributed by atoms with Crippen molar-refractivity contribution in [3.05, 3.63) is 30.1 Å². The first-order chi connectivity index (χ1) is 18.7. The maximum atomic E-state index is 13.7. The van der Waals surface area contributed by atoms with Crippen LogP contribution in [0.4, 0.5) is 0 Å². The quantitative estimate of drug-likeness (QED) is 0.118. The third-order valence-corrected chi connectivity index (χ3v) is 7.48. The van der Waals surface area contributed by atoms with Crippen molar-refractivity contribution in [3.8, 4) is 0 Å². The third kappa shape index (κ3) is 8.79. The van der Waals surface area contributed by atoms with Gasteiger partial charge in [0, 0.05) is 19.9 Å². The van der Waals surface area contributed by atoms with Crippen molar-refractivity contribution >= 4 is 37.5 Å².